The summed E-state index contributed by atoms with van der Waals surface area (Å²) in [4.78, 5) is 30.2. The second-order valence-corrected chi connectivity index (χ2v) is 4.78. The zero-order valence-corrected chi connectivity index (χ0v) is 11.8. The maximum atomic E-state index is 11.6. The van der Waals surface area contributed by atoms with Crippen LogP contribution < -0.4 is 11.0 Å². The third kappa shape index (κ3) is 2.82. The summed E-state index contributed by atoms with van der Waals surface area (Å²) in [5.74, 6) is -0.694. The van der Waals surface area contributed by atoms with E-state index in [4.69, 9.17) is 5.11 Å². The molecule has 3 aromatic rings. The van der Waals surface area contributed by atoms with Crippen LogP contribution in [0.3, 0.4) is 0 Å². The van der Waals surface area contributed by atoms with Crippen LogP contribution in [-0.4, -0.2) is 31.0 Å². The summed E-state index contributed by atoms with van der Waals surface area (Å²) in [7, 11) is 0. The van der Waals surface area contributed by atoms with Gasteiger partial charge in [-0.3, -0.25) is 0 Å². The third-order valence-corrected chi connectivity index (χ3v) is 3.29. The fourth-order valence-electron chi connectivity index (χ4n) is 2.13. The lowest BCUT2D eigenvalue weighted by Gasteiger charge is -2.09. The summed E-state index contributed by atoms with van der Waals surface area (Å²) in [6, 6.07) is 9.68. The van der Waals surface area contributed by atoms with Crippen molar-refractivity contribution < 1.29 is 15.1 Å². The number of hydrogen-bond donors (Lipinski definition) is 3. The van der Waals surface area contributed by atoms with E-state index >= 15 is 0 Å². The van der Waals surface area contributed by atoms with Crippen LogP contribution >= 0.6 is 0 Å². The van der Waals surface area contributed by atoms with Gasteiger partial charge in [0.2, 0.25) is 0 Å². The minimum absolute atomic E-state index is 0.108. The van der Waals surface area contributed by atoms with Crippen molar-refractivity contribution in [3.05, 3.63) is 64.2 Å². The molecule has 0 radical (unpaired) electrons. The van der Waals surface area contributed by atoms with Gasteiger partial charge in [0.05, 0.1) is 10.9 Å². The van der Waals surface area contributed by atoms with Crippen molar-refractivity contribution in [2.75, 3.05) is 5.32 Å². The first kappa shape index (κ1) is 14.5. The molecule has 0 bridgehead atoms. The van der Waals surface area contributed by atoms with E-state index in [1.165, 1.54) is 18.3 Å². The van der Waals surface area contributed by atoms with Crippen molar-refractivity contribution in [1.29, 1.82) is 0 Å². The Morgan fingerprint density at radius 1 is 1.22 bits per heavy atom. The van der Waals surface area contributed by atoms with Crippen LogP contribution in [0, 0.1) is 0 Å². The smallest absolute Gasteiger partial charge is 0.384 e. The number of hydrogen-bond acceptors (Lipinski definition) is 6. The Hall–Kier alpha value is -3.42. The van der Waals surface area contributed by atoms with E-state index in [1.807, 2.05) is 0 Å². The van der Waals surface area contributed by atoms with E-state index in [0.29, 0.717) is 22.5 Å². The molecule has 0 saturated heterocycles. The molecule has 0 aliphatic carbocycles. The van der Waals surface area contributed by atoms with Gasteiger partial charge in [-0.2, -0.15) is 4.98 Å². The monoisotopic (exact) mass is 312 g/mol. The highest BCUT2D eigenvalue weighted by Gasteiger charge is 2.10. The van der Waals surface area contributed by atoms with Gasteiger partial charge in [0.1, 0.15) is 5.82 Å². The molecular formula is C15H12N4O4. The number of anilines is 1. The van der Waals surface area contributed by atoms with E-state index in [2.05, 4.69) is 15.3 Å². The first-order valence-corrected chi connectivity index (χ1v) is 6.69. The summed E-state index contributed by atoms with van der Waals surface area (Å²) in [5, 5.41) is 22.0. The number of nitrogens with one attached hydrogen (secondary N) is 1. The zero-order valence-electron chi connectivity index (χ0n) is 11.8. The molecule has 0 unspecified atom stereocenters. The van der Waals surface area contributed by atoms with E-state index in [1.54, 1.807) is 24.3 Å². The number of carbonyl (C=O) groups is 1. The van der Waals surface area contributed by atoms with Crippen LogP contribution in [0.15, 0.2) is 47.4 Å². The highest BCUT2D eigenvalue weighted by molar-refractivity contribution is 5.87. The molecule has 8 nitrogen and oxygen atoms in total. The molecule has 0 fully saturated rings. The molecule has 0 atom stereocenters. The van der Waals surface area contributed by atoms with Crippen molar-refractivity contribution in [1.82, 2.24) is 14.7 Å². The molecule has 0 spiro atoms. The SMILES string of the molecule is O=C(O)c1ccc(CNc2nc(=O)n(O)c3ncccc23)cc1. The standard InChI is InChI=1S/C15H12N4O4/c20-14(21)10-5-3-9(4-6-10)8-17-12-11-2-1-7-16-13(11)19(23)15(22)18-12/h1-7,23H,8H2,(H,20,21)(H,17,18,22). The summed E-state index contributed by atoms with van der Waals surface area (Å²) in [6.45, 7) is 0.339. The molecule has 23 heavy (non-hydrogen) atoms. The summed E-state index contributed by atoms with van der Waals surface area (Å²) < 4.78 is 0.391. The van der Waals surface area contributed by atoms with Crippen LogP contribution in [0.1, 0.15) is 15.9 Å². The Morgan fingerprint density at radius 2 is 1.96 bits per heavy atom. The number of fused-ring (bicyclic) bond motifs is 1. The van der Waals surface area contributed by atoms with Gasteiger partial charge in [-0.05, 0) is 29.8 Å². The molecule has 0 aliphatic heterocycles. The Morgan fingerprint density at radius 3 is 2.65 bits per heavy atom. The zero-order chi connectivity index (χ0) is 16.4. The summed E-state index contributed by atoms with van der Waals surface area (Å²) >= 11 is 0. The maximum absolute atomic E-state index is 11.6. The molecule has 3 N–H and O–H groups in total. The minimum Gasteiger partial charge on any atom is -0.478 e. The molecule has 2 heterocycles. The van der Waals surface area contributed by atoms with E-state index in [9.17, 15) is 14.8 Å². The van der Waals surface area contributed by atoms with Crippen LogP contribution in [0.25, 0.3) is 11.0 Å². The fourth-order valence-corrected chi connectivity index (χ4v) is 2.13. The highest BCUT2D eigenvalue weighted by atomic mass is 16.5. The van der Waals surface area contributed by atoms with Crippen molar-refractivity contribution in [2.24, 2.45) is 0 Å². The number of carboxylic acid groups (broad SMARTS) is 1. The molecular weight excluding hydrogens is 300 g/mol. The van der Waals surface area contributed by atoms with E-state index in [0.717, 1.165) is 5.56 Å². The maximum Gasteiger partial charge on any atom is 0.384 e. The van der Waals surface area contributed by atoms with Gasteiger partial charge >= 0.3 is 11.7 Å². The average Bonchev–Trinajstić information content (AvgIpc) is 2.57. The predicted octanol–water partition coefficient (Wildman–Crippen LogP) is 1.34. The lowest BCUT2D eigenvalue weighted by molar-refractivity contribution is 0.0697. The van der Waals surface area contributed by atoms with Crippen molar-refractivity contribution in [2.45, 2.75) is 6.54 Å². The molecule has 1 aromatic carbocycles. The Labute approximate surface area is 129 Å². The van der Waals surface area contributed by atoms with Gasteiger partial charge in [-0.1, -0.05) is 12.1 Å². The largest absolute Gasteiger partial charge is 0.478 e. The summed E-state index contributed by atoms with van der Waals surface area (Å²) in [5.41, 5.74) is 0.294. The van der Waals surface area contributed by atoms with Gasteiger partial charge in [-0.15, -0.1) is 4.73 Å². The van der Waals surface area contributed by atoms with Gasteiger partial charge < -0.3 is 15.6 Å². The quantitative estimate of drug-likeness (QED) is 0.622. The van der Waals surface area contributed by atoms with Gasteiger partial charge in [-0.25, -0.2) is 14.6 Å². The normalized spacial score (nSPS) is 10.6. The molecule has 116 valence electrons. The Balaban J connectivity index is 1.89. The topological polar surface area (TPSA) is 117 Å². The predicted molar refractivity (Wildman–Crippen MR) is 81.7 cm³/mol. The highest BCUT2D eigenvalue weighted by Crippen LogP contribution is 2.17. The number of pyridine rings is 1. The Kier molecular flexibility index (Phi) is 3.63. The second kappa shape index (κ2) is 5.76. The number of aromatic carboxylic acids is 1. The number of rotatable bonds is 4. The number of carboxylic acids is 1. The lowest BCUT2D eigenvalue weighted by atomic mass is 10.1. The lowest BCUT2D eigenvalue weighted by Crippen LogP contribution is -2.23. The van der Waals surface area contributed by atoms with Gasteiger partial charge in [0.15, 0.2) is 5.65 Å². The number of nitrogens with zero attached hydrogens (tertiary/aromatic N) is 3. The molecule has 8 heteroatoms. The second-order valence-electron chi connectivity index (χ2n) is 4.78. The van der Waals surface area contributed by atoms with Crippen LogP contribution in [0.4, 0.5) is 5.82 Å². The van der Waals surface area contributed by atoms with Crippen LogP contribution in [0.2, 0.25) is 0 Å². The first-order chi connectivity index (χ1) is 11.1. The van der Waals surface area contributed by atoms with Crippen LogP contribution in [-0.2, 0) is 6.54 Å². The van der Waals surface area contributed by atoms with Crippen LogP contribution in [0.5, 0.6) is 0 Å². The minimum atomic E-state index is -0.991. The first-order valence-electron chi connectivity index (χ1n) is 6.69. The number of aromatic nitrogens is 3. The third-order valence-electron chi connectivity index (χ3n) is 3.29. The summed E-state index contributed by atoms with van der Waals surface area (Å²) in [6.07, 6.45) is 1.46. The van der Waals surface area contributed by atoms with Gasteiger partial charge in [0, 0.05) is 12.7 Å². The van der Waals surface area contributed by atoms with E-state index < -0.39 is 11.7 Å². The molecule has 0 amide bonds. The molecule has 0 aliphatic rings. The Bertz CT molecular complexity index is 934. The van der Waals surface area contributed by atoms with Crippen molar-refractivity contribution in [3.8, 4) is 0 Å². The molecule has 0 saturated carbocycles. The average molecular weight is 312 g/mol. The fraction of sp³-hybridized carbons (Fsp3) is 0.0667. The molecule has 3 rings (SSSR count). The number of benzene rings is 1. The molecule has 2 aromatic heterocycles. The van der Waals surface area contributed by atoms with Crippen molar-refractivity contribution in [3.63, 3.8) is 0 Å². The van der Waals surface area contributed by atoms with Crippen molar-refractivity contribution >= 4 is 22.8 Å². The van der Waals surface area contributed by atoms with E-state index in [-0.39, 0.29) is 11.2 Å². The van der Waals surface area contributed by atoms with Gasteiger partial charge in [0.25, 0.3) is 0 Å².